The minimum atomic E-state index is -1.66. The standard InChI is InChI=1S/C19H17F4N3O3/c1-9-12(10(2)26(3)25-9)7-24-19(27)15-5-4-11(29-15)8-28-18-16(22)13(20)6-14(21)17(18)23/h4-6H,7-8H2,1-3H3,(H,24,27). The van der Waals surface area contributed by atoms with E-state index in [1.54, 1.807) is 11.7 Å². The van der Waals surface area contributed by atoms with Gasteiger partial charge in [-0.2, -0.15) is 13.9 Å². The molecule has 2 aromatic heterocycles. The molecule has 3 rings (SSSR count). The number of hydrogen-bond acceptors (Lipinski definition) is 4. The number of aromatic nitrogens is 2. The van der Waals surface area contributed by atoms with Gasteiger partial charge in [-0.25, -0.2) is 8.78 Å². The Bertz CT molecular complexity index is 1050. The fourth-order valence-electron chi connectivity index (χ4n) is 2.73. The zero-order valence-corrected chi connectivity index (χ0v) is 15.8. The van der Waals surface area contributed by atoms with Crippen molar-refractivity contribution in [3.63, 3.8) is 0 Å². The highest BCUT2D eigenvalue weighted by Crippen LogP contribution is 2.27. The van der Waals surface area contributed by atoms with Gasteiger partial charge in [-0.05, 0) is 26.0 Å². The highest BCUT2D eigenvalue weighted by Gasteiger charge is 2.21. The lowest BCUT2D eigenvalue weighted by atomic mass is 10.2. The lowest BCUT2D eigenvalue weighted by Gasteiger charge is -2.08. The van der Waals surface area contributed by atoms with Crippen LogP contribution in [0.2, 0.25) is 0 Å². The molecule has 0 spiro atoms. The number of hydrogen-bond donors (Lipinski definition) is 1. The van der Waals surface area contributed by atoms with Crippen molar-refractivity contribution in [3.05, 3.63) is 69.9 Å². The van der Waals surface area contributed by atoms with Crippen LogP contribution in [0.4, 0.5) is 17.6 Å². The van der Waals surface area contributed by atoms with Crippen LogP contribution < -0.4 is 10.1 Å². The van der Waals surface area contributed by atoms with E-state index in [1.807, 2.05) is 13.8 Å². The number of aryl methyl sites for hydroxylation is 2. The van der Waals surface area contributed by atoms with Crippen molar-refractivity contribution in [2.45, 2.75) is 27.0 Å². The number of amides is 1. The third-order valence-electron chi connectivity index (χ3n) is 4.40. The molecule has 0 radical (unpaired) electrons. The zero-order chi connectivity index (χ0) is 21.3. The molecule has 1 N–H and O–H groups in total. The first-order valence-corrected chi connectivity index (χ1v) is 8.50. The number of benzene rings is 1. The number of furan rings is 1. The number of carbonyl (C=O) groups excluding carboxylic acids is 1. The first-order valence-electron chi connectivity index (χ1n) is 8.50. The molecule has 0 aliphatic carbocycles. The Balaban J connectivity index is 1.64. The molecule has 0 saturated carbocycles. The molecule has 6 nitrogen and oxygen atoms in total. The molecular formula is C19H17F4N3O3. The summed E-state index contributed by atoms with van der Waals surface area (Å²) in [6.07, 6.45) is 0. The largest absolute Gasteiger partial charge is 0.479 e. The van der Waals surface area contributed by atoms with Gasteiger partial charge in [0.1, 0.15) is 12.4 Å². The molecular weight excluding hydrogens is 394 g/mol. The molecule has 10 heteroatoms. The molecule has 0 bridgehead atoms. The van der Waals surface area contributed by atoms with Crippen LogP contribution in [0.25, 0.3) is 0 Å². The monoisotopic (exact) mass is 411 g/mol. The summed E-state index contributed by atoms with van der Waals surface area (Å²) < 4.78 is 65.4. The van der Waals surface area contributed by atoms with Crippen LogP contribution in [0, 0.1) is 37.1 Å². The maximum Gasteiger partial charge on any atom is 0.287 e. The quantitative estimate of drug-likeness (QED) is 0.496. The normalized spacial score (nSPS) is 11.0. The maximum atomic E-state index is 13.6. The highest BCUT2D eigenvalue weighted by molar-refractivity contribution is 5.91. The van der Waals surface area contributed by atoms with Crippen LogP contribution in [-0.2, 0) is 20.2 Å². The van der Waals surface area contributed by atoms with Gasteiger partial charge in [0, 0.05) is 30.9 Å². The van der Waals surface area contributed by atoms with E-state index in [0.29, 0.717) is 0 Å². The Morgan fingerprint density at radius 2 is 1.83 bits per heavy atom. The summed E-state index contributed by atoms with van der Waals surface area (Å²) in [6, 6.07) is 2.77. The molecule has 0 atom stereocenters. The van der Waals surface area contributed by atoms with E-state index < -0.39 is 41.5 Å². The Kier molecular flexibility index (Phi) is 5.62. The van der Waals surface area contributed by atoms with Gasteiger partial charge in [-0.15, -0.1) is 0 Å². The number of ether oxygens (including phenoxy) is 1. The van der Waals surface area contributed by atoms with Crippen molar-refractivity contribution in [3.8, 4) is 5.75 Å². The average Bonchev–Trinajstić information content (AvgIpc) is 3.23. The molecule has 0 unspecified atom stereocenters. The van der Waals surface area contributed by atoms with Gasteiger partial charge in [0.25, 0.3) is 5.91 Å². The van der Waals surface area contributed by atoms with Crippen LogP contribution in [-0.4, -0.2) is 15.7 Å². The Labute approximate surface area is 163 Å². The number of nitrogens with one attached hydrogen (secondary N) is 1. The van der Waals surface area contributed by atoms with Gasteiger partial charge in [-0.1, -0.05) is 0 Å². The third-order valence-corrected chi connectivity index (χ3v) is 4.40. The summed E-state index contributed by atoms with van der Waals surface area (Å²) in [7, 11) is 1.79. The van der Waals surface area contributed by atoms with Gasteiger partial charge < -0.3 is 14.5 Å². The summed E-state index contributed by atoms with van der Waals surface area (Å²) in [4.78, 5) is 12.2. The number of halogens is 4. The molecule has 1 aromatic carbocycles. The van der Waals surface area contributed by atoms with E-state index >= 15 is 0 Å². The lowest BCUT2D eigenvalue weighted by Crippen LogP contribution is -2.23. The van der Waals surface area contributed by atoms with E-state index in [-0.39, 0.29) is 24.1 Å². The molecule has 29 heavy (non-hydrogen) atoms. The lowest BCUT2D eigenvalue weighted by molar-refractivity contribution is 0.0918. The second-order valence-corrected chi connectivity index (χ2v) is 6.31. The predicted octanol–water partition coefficient (Wildman–Crippen LogP) is 3.70. The number of rotatable bonds is 6. The van der Waals surface area contributed by atoms with Crippen LogP contribution in [0.3, 0.4) is 0 Å². The van der Waals surface area contributed by atoms with Gasteiger partial charge in [0.2, 0.25) is 11.6 Å². The maximum absolute atomic E-state index is 13.6. The molecule has 2 heterocycles. The number of nitrogens with zero attached hydrogens (tertiary/aromatic N) is 2. The summed E-state index contributed by atoms with van der Waals surface area (Å²) >= 11 is 0. The van der Waals surface area contributed by atoms with Crippen molar-refractivity contribution >= 4 is 5.91 Å². The van der Waals surface area contributed by atoms with E-state index in [4.69, 9.17) is 9.15 Å². The van der Waals surface area contributed by atoms with E-state index in [9.17, 15) is 22.4 Å². The van der Waals surface area contributed by atoms with E-state index in [0.717, 1.165) is 17.0 Å². The summed E-state index contributed by atoms with van der Waals surface area (Å²) in [5.41, 5.74) is 2.56. The smallest absolute Gasteiger partial charge is 0.287 e. The molecule has 0 saturated heterocycles. The summed E-state index contributed by atoms with van der Waals surface area (Å²) in [5.74, 6) is -8.23. The van der Waals surface area contributed by atoms with E-state index in [2.05, 4.69) is 10.4 Å². The predicted molar refractivity (Wildman–Crippen MR) is 93.2 cm³/mol. The van der Waals surface area contributed by atoms with Crippen LogP contribution >= 0.6 is 0 Å². The van der Waals surface area contributed by atoms with Crippen molar-refractivity contribution in [1.29, 1.82) is 0 Å². The molecule has 0 aliphatic heterocycles. The van der Waals surface area contributed by atoms with Crippen LogP contribution in [0.5, 0.6) is 5.75 Å². The molecule has 0 aliphatic rings. The SMILES string of the molecule is Cc1nn(C)c(C)c1CNC(=O)c1ccc(COc2c(F)c(F)cc(F)c2F)o1. The second-order valence-electron chi connectivity index (χ2n) is 6.31. The fraction of sp³-hybridized carbons (Fsp3) is 0.263. The van der Waals surface area contributed by atoms with Crippen molar-refractivity contribution in [1.82, 2.24) is 15.1 Å². The Morgan fingerprint density at radius 3 is 2.41 bits per heavy atom. The summed E-state index contributed by atoms with van der Waals surface area (Å²) in [5, 5.41) is 6.94. The van der Waals surface area contributed by atoms with Crippen molar-refractivity contribution in [2.75, 3.05) is 0 Å². The first-order chi connectivity index (χ1) is 13.7. The Hall–Kier alpha value is -3.30. The van der Waals surface area contributed by atoms with Crippen LogP contribution in [0.15, 0.2) is 22.6 Å². The summed E-state index contributed by atoms with van der Waals surface area (Å²) in [6.45, 7) is 3.39. The van der Waals surface area contributed by atoms with Crippen molar-refractivity contribution in [2.24, 2.45) is 7.05 Å². The molecule has 3 aromatic rings. The number of carbonyl (C=O) groups is 1. The van der Waals surface area contributed by atoms with Gasteiger partial charge in [-0.3, -0.25) is 9.48 Å². The molecule has 154 valence electrons. The van der Waals surface area contributed by atoms with Gasteiger partial charge in [0.15, 0.2) is 23.1 Å². The first kappa shape index (κ1) is 20.4. The topological polar surface area (TPSA) is 69.3 Å². The molecule has 1 amide bonds. The highest BCUT2D eigenvalue weighted by atomic mass is 19.2. The van der Waals surface area contributed by atoms with Gasteiger partial charge in [0.05, 0.1) is 5.69 Å². The minimum absolute atomic E-state index is 0.0346. The van der Waals surface area contributed by atoms with Crippen LogP contribution in [0.1, 0.15) is 33.3 Å². The molecule has 0 fully saturated rings. The minimum Gasteiger partial charge on any atom is -0.479 e. The Morgan fingerprint density at radius 1 is 1.17 bits per heavy atom. The van der Waals surface area contributed by atoms with Gasteiger partial charge >= 0.3 is 0 Å². The zero-order valence-electron chi connectivity index (χ0n) is 15.8. The third kappa shape index (κ3) is 4.10. The van der Waals surface area contributed by atoms with E-state index in [1.165, 1.54) is 12.1 Å². The fourth-order valence-corrected chi connectivity index (χ4v) is 2.73. The van der Waals surface area contributed by atoms with Crippen molar-refractivity contribution < 1.29 is 31.5 Å². The second kappa shape index (κ2) is 7.98. The average molecular weight is 411 g/mol.